The van der Waals surface area contributed by atoms with Crippen molar-refractivity contribution in [1.82, 2.24) is 24.4 Å². The van der Waals surface area contributed by atoms with E-state index in [1.807, 2.05) is 12.1 Å². The van der Waals surface area contributed by atoms with E-state index in [1.54, 1.807) is 18.0 Å². The lowest BCUT2D eigenvalue weighted by molar-refractivity contribution is 0.223. The summed E-state index contributed by atoms with van der Waals surface area (Å²) >= 11 is 1.66. The minimum Gasteiger partial charge on any atom is -0.461 e. The van der Waals surface area contributed by atoms with Gasteiger partial charge in [0.25, 0.3) is 0 Å². The number of hydrogen-bond acceptors (Lipinski definition) is 7. The maximum atomic E-state index is 6.36. The average molecular weight is 491 g/mol. The van der Waals surface area contributed by atoms with Crippen molar-refractivity contribution in [2.24, 2.45) is 0 Å². The number of fused-ring (bicyclic) bond motifs is 1. The molecule has 1 fully saturated rings. The number of rotatable bonds is 11. The number of unbranched alkanes of at least 4 members (excludes halogenated alkanes) is 1. The smallest absolute Gasteiger partial charge is 0.191 e. The lowest BCUT2D eigenvalue weighted by Crippen LogP contribution is -2.30. The second-order valence-corrected chi connectivity index (χ2v) is 10.2. The van der Waals surface area contributed by atoms with Crippen molar-refractivity contribution < 1.29 is 4.42 Å². The van der Waals surface area contributed by atoms with Crippen molar-refractivity contribution in [3.63, 3.8) is 0 Å². The molecule has 0 amide bonds. The molecule has 0 aliphatic carbocycles. The van der Waals surface area contributed by atoms with Gasteiger partial charge >= 0.3 is 0 Å². The van der Waals surface area contributed by atoms with Crippen molar-refractivity contribution in [2.75, 3.05) is 31.1 Å². The highest BCUT2D eigenvalue weighted by molar-refractivity contribution is 7.99. The number of thioether (sulfide) groups is 1. The summed E-state index contributed by atoms with van der Waals surface area (Å²) in [5, 5.41) is 0.712. The second-order valence-electron chi connectivity index (χ2n) is 9.18. The van der Waals surface area contributed by atoms with Crippen LogP contribution in [0.2, 0.25) is 0 Å². The summed E-state index contributed by atoms with van der Waals surface area (Å²) in [6, 6.07) is 14.4. The Morgan fingerprint density at radius 2 is 1.71 bits per heavy atom. The Kier molecular flexibility index (Phi) is 8.00. The molecule has 184 valence electrons. The molecule has 8 heteroatoms. The molecule has 1 aliphatic heterocycles. The first-order chi connectivity index (χ1) is 17.3. The molecule has 1 aromatic carbocycles. The van der Waals surface area contributed by atoms with Gasteiger partial charge in [0.15, 0.2) is 33.7 Å². The third kappa shape index (κ3) is 6.05. The first kappa shape index (κ1) is 23.9. The van der Waals surface area contributed by atoms with Gasteiger partial charge in [0.2, 0.25) is 0 Å². The van der Waals surface area contributed by atoms with E-state index in [-0.39, 0.29) is 0 Å². The van der Waals surface area contributed by atoms with Crippen LogP contribution in [0, 0.1) is 0 Å². The van der Waals surface area contributed by atoms with Crippen LogP contribution in [0.4, 0.5) is 5.82 Å². The number of nitrogens with two attached hydrogens (primary N) is 1. The topological polar surface area (TPSA) is 86.0 Å². The Labute approximate surface area is 211 Å². The summed E-state index contributed by atoms with van der Waals surface area (Å²) in [6.45, 7) is 4.46. The Balaban J connectivity index is 1.29. The number of aryl methyl sites for hydroxylation is 2. The molecule has 5 rings (SSSR count). The highest BCUT2D eigenvalue weighted by Crippen LogP contribution is 2.29. The maximum Gasteiger partial charge on any atom is 0.191 e. The minimum atomic E-state index is 0.431. The number of hydrogen-bond donors (Lipinski definition) is 1. The van der Waals surface area contributed by atoms with E-state index < -0.39 is 0 Å². The van der Waals surface area contributed by atoms with E-state index in [1.165, 1.54) is 37.9 Å². The molecule has 4 heterocycles. The number of furan rings is 1. The Morgan fingerprint density at radius 3 is 2.51 bits per heavy atom. The molecule has 0 radical (unpaired) electrons. The zero-order valence-electron chi connectivity index (χ0n) is 20.2. The fourth-order valence-corrected chi connectivity index (χ4v) is 5.53. The fourth-order valence-electron chi connectivity index (χ4n) is 4.74. The van der Waals surface area contributed by atoms with Crippen LogP contribution in [0.25, 0.3) is 22.7 Å². The first-order valence-corrected chi connectivity index (χ1v) is 13.7. The Bertz CT molecular complexity index is 1200. The van der Waals surface area contributed by atoms with Crippen LogP contribution in [0.5, 0.6) is 0 Å². The molecule has 2 N–H and O–H groups in total. The van der Waals surface area contributed by atoms with E-state index in [2.05, 4.69) is 44.8 Å². The zero-order chi connectivity index (χ0) is 23.9. The van der Waals surface area contributed by atoms with E-state index in [0.29, 0.717) is 16.5 Å². The number of benzene rings is 1. The van der Waals surface area contributed by atoms with Crippen molar-refractivity contribution in [2.45, 2.75) is 56.6 Å². The molecule has 0 saturated carbocycles. The molecule has 1 saturated heterocycles. The predicted octanol–water partition coefficient (Wildman–Crippen LogP) is 5.66. The molecule has 1 aliphatic rings. The molecule has 7 nitrogen and oxygen atoms in total. The number of nitrogen functional groups attached to an aromatic ring is 1. The van der Waals surface area contributed by atoms with E-state index in [0.717, 1.165) is 61.8 Å². The third-order valence-corrected chi connectivity index (χ3v) is 7.51. The van der Waals surface area contributed by atoms with E-state index in [9.17, 15) is 0 Å². The number of aromatic nitrogens is 4. The van der Waals surface area contributed by atoms with E-state index >= 15 is 0 Å². The van der Waals surface area contributed by atoms with Crippen molar-refractivity contribution in [1.29, 1.82) is 0 Å². The van der Waals surface area contributed by atoms with Crippen molar-refractivity contribution in [3.8, 4) is 11.6 Å². The van der Waals surface area contributed by atoms with Crippen LogP contribution in [-0.4, -0.2) is 49.8 Å². The van der Waals surface area contributed by atoms with Gasteiger partial charge in [-0.3, -0.25) is 0 Å². The van der Waals surface area contributed by atoms with Crippen LogP contribution < -0.4 is 5.73 Å². The second kappa shape index (κ2) is 11.7. The first-order valence-electron chi connectivity index (χ1n) is 12.7. The van der Waals surface area contributed by atoms with E-state index in [4.69, 9.17) is 20.1 Å². The van der Waals surface area contributed by atoms with Crippen LogP contribution in [0.3, 0.4) is 0 Å². The summed E-state index contributed by atoms with van der Waals surface area (Å²) in [7, 11) is 0. The molecule has 35 heavy (non-hydrogen) atoms. The highest BCUT2D eigenvalue weighted by Gasteiger charge is 2.20. The van der Waals surface area contributed by atoms with Gasteiger partial charge in [0.05, 0.1) is 6.26 Å². The van der Waals surface area contributed by atoms with Crippen LogP contribution >= 0.6 is 11.8 Å². The summed E-state index contributed by atoms with van der Waals surface area (Å²) in [5.74, 6) is 2.88. The number of anilines is 1. The molecule has 0 spiro atoms. The summed E-state index contributed by atoms with van der Waals surface area (Å²) in [6.07, 6.45) is 10.0. The Hall–Kier alpha value is -2.84. The summed E-state index contributed by atoms with van der Waals surface area (Å²) < 4.78 is 7.86. The molecular weight excluding hydrogens is 456 g/mol. The van der Waals surface area contributed by atoms with Gasteiger partial charge < -0.3 is 19.6 Å². The highest BCUT2D eigenvalue weighted by atomic mass is 32.2. The van der Waals surface area contributed by atoms with Crippen LogP contribution in [0.15, 0.2) is 58.3 Å². The number of imidazole rings is 1. The number of piperidine rings is 1. The predicted molar refractivity (Wildman–Crippen MR) is 142 cm³/mol. The average Bonchev–Trinajstić information content (AvgIpc) is 3.54. The quantitative estimate of drug-likeness (QED) is 0.165. The van der Waals surface area contributed by atoms with Crippen LogP contribution in [-0.2, 0) is 13.0 Å². The normalized spacial score (nSPS) is 14.6. The standard InChI is InChI=1S/C27H34N6OS/c28-24-23-26(31-27(30-24)35-20-10-13-21-11-3-1-4-12-21)33(25(29-23)22-14-9-19-34-22)18-8-7-17-32-15-5-2-6-16-32/h1,3-4,9,11-12,14,19H,2,5-8,10,13,15-18,20H2,(H2,28,30,31). The van der Waals surface area contributed by atoms with Gasteiger partial charge in [-0.25, -0.2) is 15.0 Å². The summed E-state index contributed by atoms with van der Waals surface area (Å²) in [4.78, 5) is 16.8. The monoisotopic (exact) mass is 490 g/mol. The largest absolute Gasteiger partial charge is 0.461 e. The number of likely N-dealkylation sites (tertiary alicyclic amines) is 1. The van der Waals surface area contributed by atoms with Gasteiger partial charge in [-0.1, -0.05) is 48.5 Å². The Morgan fingerprint density at radius 1 is 0.886 bits per heavy atom. The molecule has 0 unspecified atom stereocenters. The van der Waals surface area contributed by atoms with Crippen LogP contribution in [0.1, 0.15) is 44.1 Å². The molecular formula is C27H34N6OS. The fraction of sp³-hybridized carbons (Fsp3) is 0.444. The van der Waals surface area contributed by atoms with Gasteiger partial charge in [0.1, 0.15) is 0 Å². The zero-order valence-corrected chi connectivity index (χ0v) is 21.1. The third-order valence-electron chi connectivity index (χ3n) is 6.58. The van der Waals surface area contributed by atoms with Gasteiger partial charge in [-0.15, -0.1) is 0 Å². The van der Waals surface area contributed by atoms with Crippen molar-refractivity contribution in [3.05, 3.63) is 54.3 Å². The molecule has 4 aromatic rings. The summed E-state index contributed by atoms with van der Waals surface area (Å²) in [5.41, 5.74) is 9.17. The SMILES string of the molecule is Nc1nc(SCCCc2ccccc2)nc2c1nc(-c1ccco1)n2CCCCN1CCCCC1. The molecule has 0 atom stereocenters. The maximum absolute atomic E-state index is 6.36. The molecule has 0 bridgehead atoms. The van der Waals surface area contributed by atoms with Crippen molar-refractivity contribution >= 4 is 28.7 Å². The van der Waals surface area contributed by atoms with Gasteiger partial charge in [0, 0.05) is 12.3 Å². The number of nitrogens with zero attached hydrogens (tertiary/aromatic N) is 5. The molecule has 3 aromatic heterocycles. The lowest BCUT2D eigenvalue weighted by Gasteiger charge is -2.26. The lowest BCUT2D eigenvalue weighted by atomic mass is 10.1. The van der Waals surface area contributed by atoms with Gasteiger partial charge in [-0.2, -0.15) is 0 Å². The minimum absolute atomic E-state index is 0.431. The van der Waals surface area contributed by atoms with Gasteiger partial charge in [-0.05, 0) is 75.9 Å².